The third-order valence-electron chi connectivity index (χ3n) is 2.53. The van der Waals surface area contributed by atoms with E-state index in [-0.39, 0.29) is 11.9 Å². The molecule has 0 saturated carbocycles. The van der Waals surface area contributed by atoms with Crippen LogP contribution in [0.15, 0.2) is 22.7 Å². The van der Waals surface area contributed by atoms with E-state index in [4.69, 9.17) is 0 Å². The second-order valence-corrected chi connectivity index (χ2v) is 6.23. The molecule has 16 heavy (non-hydrogen) atoms. The molecule has 0 saturated heterocycles. The van der Waals surface area contributed by atoms with Gasteiger partial charge in [-0.25, -0.2) is 0 Å². The predicted molar refractivity (Wildman–Crippen MR) is 78.6 cm³/mol. The topological polar surface area (TPSA) is 29.1 Å². The van der Waals surface area contributed by atoms with Crippen LogP contribution < -0.4 is 5.32 Å². The number of halogens is 2. The number of amides is 1. The molecule has 0 aliphatic heterocycles. The summed E-state index contributed by atoms with van der Waals surface area (Å²) in [5.41, 5.74) is 0.694. The van der Waals surface area contributed by atoms with Crippen LogP contribution >= 0.6 is 38.5 Å². The molecule has 0 bridgehead atoms. The summed E-state index contributed by atoms with van der Waals surface area (Å²) >= 11 is 5.60. The van der Waals surface area contributed by atoms with Gasteiger partial charge in [0.25, 0.3) is 5.91 Å². The molecular formula is C12H15BrINO. The van der Waals surface area contributed by atoms with E-state index in [0.717, 1.165) is 8.04 Å². The summed E-state index contributed by atoms with van der Waals surface area (Å²) in [5.74, 6) is 0.414. The average Bonchev–Trinajstić information content (AvgIpc) is 2.21. The molecule has 0 spiro atoms. The molecule has 88 valence electrons. The number of hydrogen-bond donors (Lipinski definition) is 1. The Labute approximate surface area is 118 Å². The molecule has 0 fully saturated rings. The monoisotopic (exact) mass is 395 g/mol. The first-order valence-corrected chi connectivity index (χ1v) is 7.05. The fraction of sp³-hybridized carbons (Fsp3) is 0.417. The Morgan fingerprint density at radius 2 is 2.00 bits per heavy atom. The van der Waals surface area contributed by atoms with Gasteiger partial charge in [-0.2, -0.15) is 0 Å². The van der Waals surface area contributed by atoms with Crippen molar-refractivity contribution in [2.75, 3.05) is 0 Å². The minimum atomic E-state index is -0.0217. The van der Waals surface area contributed by atoms with E-state index < -0.39 is 0 Å². The van der Waals surface area contributed by atoms with Gasteiger partial charge in [-0.05, 0) is 69.6 Å². The molecule has 1 amide bonds. The van der Waals surface area contributed by atoms with Crippen LogP contribution in [0.3, 0.4) is 0 Å². The molecule has 1 unspecified atom stereocenters. The summed E-state index contributed by atoms with van der Waals surface area (Å²) in [7, 11) is 0. The Balaban J connectivity index is 2.84. The lowest BCUT2D eigenvalue weighted by Gasteiger charge is -2.17. The first kappa shape index (κ1) is 14.0. The first-order chi connectivity index (χ1) is 7.41. The maximum atomic E-state index is 12.0. The van der Waals surface area contributed by atoms with E-state index in [2.05, 4.69) is 57.7 Å². The van der Waals surface area contributed by atoms with Crippen LogP contribution in [-0.2, 0) is 0 Å². The van der Waals surface area contributed by atoms with Crippen molar-refractivity contribution in [3.05, 3.63) is 31.8 Å². The Morgan fingerprint density at radius 3 is 2.56 bits per heavy atom. The van der Waals surface area contributed by atoms with Crippen molar-refractivity contribution in [2.45, 2.75) is 26.8 Å². The number of nitrogens with one attached hydrogen (secondary N) is 1. The predicted octanol–water partition coefficient (Wildman–Crippen LogP) is 3.83. The Morgan fingerprint density at radius 1 is 1.38 bits per heavy atom. The van der Waals surface area contributed by atoms with Crippen LogP contribution in [0.2, 0.25) is 0 Å². The van der Waals surface area contributed by atoms with Gasteiger partial charge < -0.3 is 5.32 Å². The smallest absolute Gasteiger partial charge is 0.252 e. The minimum Gasteiger partial charge on any atom is -0.349 e. The molecule has 0 aliphatic rings. The number of rotatable bonds is 3. The van der Waals surface area contributed by atoms with Crippen molar-refractivity contribution in [3.63, 3.8) is 0 Å². The zero-order valence-electron chi connectivity index (χ0n) is 9.55. The van der Waals surface area contributed by atoms with E-state index >= 15 is 0 Å². The quantitative estimate of drug-likeness (QED) is 0.774. The highest BCUT2D eigenvalue weighted by atomic mass is 127. The van der Waals surface area contributed by atoms with E-state index in [1.807, 2.05) is 25.1 Å². The van der Waals surface area contributed by atoms with Gasteiger partial charge in [-0.1, -0.05) is 13.8 Å². The van der Waals surface area contributed by atoms with E-state index in [9.17, 15) is 4.79 Å². The highest BCUT2D eigenvalue weighted by Crippen LogP contribution is 2.19. The second-order valence-electron chi connectivity index (χ2n) is 4.13. The molecule has 1 rings (SSSR count). The maximum Gasteiger partial charge on any atom is 0.252 e. The molecule has 0 aromatic heterocycles. The summed E-state index contributed by atoms with van der Waals surface area (Å²) in [6.45, 7) is 6.20. The lowest BCUT2D eigenvalue weighted by molar-refractivity contribution is 0.0929. The van der Waals surface area contributed by atoms with Crippen LogP contribution in [0, 0.1) is 9.49 Å². The Kier molecular flexibility index (Phi) is 5.24. The van der Waals surface area contributed by atoms with Gasteiger partial charge in [-0.3, -0.25) is 4.79 Å². The van der Waals surface area contributed by atoms with Crippen molar-refractivity contribution >= 4 is 44.4 Å². The summed E-state index contributed by atoms with van der Waals surface area (Å²) in [6, 6.07) is 5.93. The summed E-state index contributed by atoms with van der Waals surface area (Å²) < 4.78 is 1.89. The van der Waals surface area contributed by atoms with Gasteiger partial charge in [0.1, 0.15) is 0 Å². The third kappa shape index (κ3) is 3.73. The standard InChI is InChI=1S/C12H15BrINO/c1-7(2)8(3)15-12(16)10-6-9(14)4-5-11(10)13/h4-8H,1-3H3,(H,15,16). The second kappa shape index (κ2) is 6.00. The zero-order chi connectivity index (χ0) is 12.3. The summed E-state index contributed by atoms with van der Waals surface area (Å²) in [5, 5.41) is 2.99. The van der Waals surface area contributed by atoms with E-state index in [1.165, 1.54) is 0 Å². The zero-order valence-corrected chi connectivity index (χ0v) is 13.3. The number of carbonyl (C=O) groups is 1. The number of hydrogen-bond acceptors (Lipinski definition) is 1. The number of carbonyl (C=O) groups excluding carboxylic acids is 1. The molecule has 0 aliphatic carbocycles. The largest absolute Gasteiger partial charge is 0.349 e. The maximum absolute atomic E-state index is 12.0. The van der Waals surface area contributed by atoms with Crippen LogP contribution in [0.4, 0.5) is 0 Å². The molecule has 0 heterocycles. The van der Waals surface area contributed by atoms with E-state index in [0.29, 0.717) is 11.5 Å². The molecular weight excluding hydrogens is 381 g/mol. The van der Waals surface area contributed by atoms with Crippen molar-refractivity contribution in [1.82, 2.24) is 5.32 Å². The lowest BCUT2D eigenvalue weighted by Crippen LogP contribution is -2.36. The van der Waals surface area contributed by atoms with Gasteiger partial charge in [0, 0.05) is 14.1 Å². The molecule has 2 nitrogen and oxygen atoms in total. The highest BCUT2D eigenvalue weighted by molar-refractivity contribution is 14.1. The SMILES string of the molecule is CC(C)C(C)NC(=O)c1cc(I)ccc1Br. The normalized spacial score (nSPS) is 12.6. The fourth-order valence-electron chi connectivity index (χ4n) is 1.12. The number of benzene rings is 1. The lowest BCUT2D eigenvalue weighted by atomic mass is 10.1. The van der Waals surface area contributed by atoms with Gasteiger partial charge in [0.05, 0.1) is 5.56 Å². The van der Waals surface area contributed by atoms with Crippen molar-refractivity contribution < 1.29 is 4.79 Å². The van der Waals surface area contributed by atoms with Gasteiger partial charge in [-0.15, -0.1) is 0 Å². The fourth-order valence-corrected chi connectivity index (χ4v) is 2.04. The molecule has 4 heteroatoms. The third-order valence-corrected chi connectivity index (χ3v) is 3.89. The Bertz CT molecular complexity index is 393. The van der Waals surface area contributed by atoms with Crippen molar-refractivity contribution in [1.29, 1.82) is 0 Å². The molecule has 1 atom stereocenters. The van der Waals surface area contributed by atoms with Crippen molar-refractivity contribution in [2.24, 2.45) is 5.92 Å². The van der Waals surface area contributed by atoms with Gasteiger partial charge >= 0.3 is 0 Å². The van der Waals surface area contributed by atoms with Gasteiger partial charge in [0.2, 0.25) is 0 Å². The minimum absolute atomic E-state index is 0.0217. The molecule has 0 radical (unpaired) electrons. The Hall–Kier alpha value is -0.100. The molecule has 1 aromatic rings. The molecule has 1 N–H and O–H groups in total. The van der Waals surface area contributed by atoms with Crippen LogP contribution in [0.25, 0.3) is 0 Å². The summed E-state index contributed by atoms with van der Waals surface area (Å²) in [4.78, 5) is 12.0. The average molecular weight is 396 g/mol. The highest BCUT2D eigenvalue weighted by Gasteiger charge is 2.14. The van der Waals surface area contributed by atoms with Crippen LogP contribution in [-0.4, -0.2) is 11.9 Å². The first-order valence-electron chi connectivity index (χ1n) is 5.17. The summed E-state index contributed by atoms with van der Waals surface area (Å²) in [6.07, 6.45) is 0. The van der Waals surface area contributed by atoms with Crippen LogP contribution in [0.5, 0.6) is 0 Å². The van der Waals surface area contributed by atoms with Crippen molar-refractivity contribution in [3.8, 4) is 0 Å². The van der Waals surface area contributed by atoms with Crippen LogP contribution in [0.1, 0.15) is 31.1 Å². The van der Waals surface area contributed by atoms with E-state index in [1.54, 1.807) is 0 Å². The van der Waals surface area contributed by atoms with Gasteiger partial charge in [0.15, 0.2) is 0 Å². The molecule has 1 aromatic carbocycles.